The van der Waals surface area contributed by atoms with Crippen LogP contribution < -0.4 is 0 Å². The zero-order chi connectivity index (χ0) is 98.2. The lowest BCUT2D eigenvalue weighted by Gasteiger charge is -1.58. The first kappa shape index (κ1) is 108. The molecule has 0 saturated carbocycles. The van der Waals surface area contributed by atoms with Gasteiger partial charge in [0.15, 0.2) is 0 Å². The summed E-state index contributed by atoms with van der Waals surface area (Å²) in [6.45, 7) is 0. The molecule has 0 heteroatoms. The molecule has 0 aromatic rings. The second-order valence-electron chi connectivity index (χ2n) is 17.0. The lowest BCUT2D eigenvalue weighted by atomic mass is 10.4. The van der Waals surface area contributed by atoms with Crippen LogP contribution in [0.15, 0.2) is 0 Å². The minimum absolute atomic E-state index is 2.12. The summed E-state index contributed by atoms with van der Waals surface area (Å²) in [6, 6.07) is 0. The van der Waals surface area contributed by atoms with Crippen molar-refractivity contribution in [3.05, 3.63) is 0 Å². The SMILES string of the molecule is C#CC#CC#CC#CC#CC#CC#CC#CC#CC#CC#CC#CC#CC#CC#CC#CC#CC#CC#CC#CC#CC#CC#CC#CC#CC#CC#CC#CC#CC#CC#CC#CC#CC#CC#CC#CC#CC#CC#CC#CC#CC#CC#CC#CC#CC#CC#CC#CC#CC#CC#CC#CC#CC#CC#CC#CC#CC#CC#CC#CC#CC#CC#CC#CC#CC#CC#CC#CC#C. The maximum absolute atomic E-state index is 4.96. The largest absolute Gasteiger partial charge is 0.106 e. The van der Waals surface area contributed by atoms with Gasteiger partial charge in [-0.25, -0.2) is 0 Å². The first-order chi connectivity index (χ1) is 68.9. The molecule has 0 N–H and O–H groups in total. The van der Waals surface area contributed by atoms with E-state index in [1.807, 2.05) is 0 Å². The van der Waals surface area contributed by atoms with Crippen molar-refractivity contribution in [3.8, 4) is 818 Å². The predicted molar refractivity (Wildman–Crippen MR) is 539 cm³/mol. The first-order valence-electron chi connectivity index (χ1n) is 34.3. The van der Waals surface area contributed by atoms with E-state index < -0.39 is 0 Å². The van der Waals surface area contributed by atoms with Gasteiger partial charge in [-0.1, -0.05) is 0 Å². The van der Waals surface area contributed by atoms with Crippen molar-refractivity contribution in [1.29, 1.82) is 0 Å². The third-order valence-corrected chi connectivity index (χ3v) is 8.46. The van der Waals surface area contributed by atoms with Gasteiger partial charge in [0.05, 0.1) is 0 Å². The molecule has 0 aromatic heterocycles. The van der Waals surface area contributed by atoms with Crippen molar-refractivity contribution >= 4 is 0 Å². The van der Waals surface area contributed by atoms with Crippen LogP contribution in [0.2, 0.25) is 0 Å². The Kier molecular flexibility index (Phi) is 83.2. The Bertz CT molecular complexity index is 9140. The Morgan fingerprint density at radius 2 is 0.0580 bits per heavy atom. The average Bonchev–Trinajstić information content (AvgIpc) is 1.10. The highest BCUT2D eigenvalue weighted by Gasteiger charge is 1.71. The standard InChI is InChI=1S/C138H2/c1-3-5-7-9-11-13-15-17-19-21-23-25-27-29-31-33-35-37-39-41-43-45-47-49-51-53-55-57-59-61-63-65-67-69-71-73-75-77-79-81-83-85-87-89-91-93-95-97-99-101-103-105-107-109-111-113-115-117-119-121-123-125-127-129-131-133-135-137-138-136-134-132-130-128-126-124-122-120-118-116-114-112-110-108-106-104-102-100-98-96-94-92-90-88-86-84-82-80-78-76-74-72-70-68-66-64-62-60-58-56-54-52-50-48-46-44-42-40-38-36-34-32-30-28-26-24-22-20-18-16-14-12-10-8-6-4-2/h1-2H. The molecule has 0 aliphatic heterocycles. The topological polar surface area (TPSA) is 0 Å². The maximum atomic E-state index is 4.96. The van der Waals surface area contributed by atoms with Gasteiger partial charge in [-0.15, -0.1) is 12.8 Å². The highest BCUT2D eigenvalue weighted by molar-refractivity contribution is 5.60. The van der Waals surface area contributed by atoms with Gasteiger partial charge in [-0.05, 0) is 94.7 Å². The van der Waals surface area contributed by atoms with Crippen molar-refractivity contribution in [2.45, 2.75) is 0 Å². The molecule has 0 fully saturated rings. The van der Waals surface area contributed by atoms with Crippen LogP contribution in [0.25, 0.3) is 0 Å². The second kappa shape index (κ2) is 107. The Morgan fingerprint density at radius 1 is 0.0362 bits per heavy atom. The van der Waals surface area contributed by atoms with Crippen LogP contribution in [0.3, 0.4) is 0 Å². The quantitative estimate of drug-likeness (QED) is 0.311. The van der Waals surface area contributed by atoms with Crippen molar-refractivity contribution in [2.24, 2.45) is 0 Å². The highest BCUT2D eigenvalue weighted by Crippen LogP contribution is 1.71. The fourth-order valence-electron chi connectivity index (χ4n) is 4.20. The molecule has 0 heterocycles. The van der Waals surface area contributed by atoms with E-state index in [9.17, 15) is 0 Å². The molecular formula is C138H2. The normalized spacial score (nSPS) is 3.96. The van der Waals surface area contributed by atoms with Gasteiger partial charge in [0, 0.05) is 710 Å². The average molecular weight is 1660 g/mol. The monoisotopic (exact) mass is 1660 g/mol. The van der Waals surface area contributed by atoms with Crippen LogP contribution in [-0.4, -0.2) is 0 Å². The van der Waals surface area contributed by atoms with E-state index in [4.69, 9.17) is 12.8 Å². The number of hydrogen-bond donors (Lipinski definition) is 0. The molecule has 0 unspecified atom stereocenters. The second-order valence-corrected chi connectivity index (χ2v) is 17.0. The number of hydrogen-bond acceptors (Lipinski definition) is 0. The van der Waals surface area contributed by atoms with Gasteiger partial charge >= 0.3 is 0 Å². The van der Waals surface area contributed by atoms with Gasteiger partial charge in [0.1, 0.15) is 0 Å². The van der Waals surface area contributed by atoms with Crippen LogP contribution >= 0.6 is 0 Å². The van der Waals surface area contributed by atoms with E-state index >= 15 is 0 Å². The van der Waals surface area contributed by atoms with E-state index in [0.717, 1.165) is 0 Å². The first-order valence-corrected chi connectivity index (χ1v) is 34.3. The van der Waals surface area contributed by atoms with Crippen LogP contribution in [-0.2, 0) is 0 Å². The van der Waals surface area contributed by atoms with E-state index in [1.54, 1.807) is 0 Å². The lowest BCUT2D eigenvalue weighted by Crippen LogP contribution is -1.57. The van der Waals surface area contributed by atoms with Crippen molar-refractivity contribution in [2.75, 3.05) is 0 Å². The minimum atomic E-state index is 2.12. The molecule has 138 heavy (non-hydrogen) atoms. The molecule has 0 amide bonds. The van der Waals surface area contributed by atoms with E-state index in [-0.39, 0.29) is 0 Å². The molecule has 0 atom stereocenters. The van der Waals surface area contributed by atoms with Gasteiger partial charge in [-0.3, -0.25) is 0 Å². The minimum Gasteiger partial charge on any atom is -0.106 e. The summed E-state index contributed by atoms with van der Waals surface area (Å²) in [5.74, 6) is 338. The zero-order valence-electron chi connectivity index (χ0n) is 69.2. The Labute approximate surface area is 812 Å². The fraction of sp³-hybridized carbons (Fsp3) is 0. The number of rotatable bonds is 0. The molecule has 0 radical (unpaired) electrons. The summed E-state index contributed by atoms with van der Waals surface area (Å²) in [6.07, 6.45) is 9.91. The summed E-state index contributed by atoms with van der Waals surface area (Å²) in [7, 11) is 0. The van der Waals surface area contributed by atoms with Gasteiger partial charge in [0.25, 0.3) is 0 Å². The van der Waals surface area contributed by atoms with Crippen molar-refractivity contribution < 1.29 is 0 Å². The van der Waals surface area contributed by atoms with Crippen LogP contribution in [0.4, 0.5) is 0 Å². The third kappa shape index (κ3) is 106. The zero-order valence-corrected chi connectivity index (χ0v) is 69.2. The van der Waals surface area contributed by atoms with Crippen LogP contribution in [0.1, 0.15) is 0 Å². The van der Waals surface area contributed by atoms with Gasteiger partial charge < -0.3 is 0 Å². The molecule has 0 bridgehead atoms. The molecule has 0 spiro atoms. The molecular weight excluding hydrogens is 1660 g/mol. The Morgan fingerprint density at radius 3 is 0.0797 bits per heavy atom. The fourth-order valence-corrected chi connectivity index (χ4v) is 4.20. The highest BCUT2D eigenvalue weighted by atomic mass is 13.7. The predicted octanol–water partition coefficient (Wildman–Crippen LogP) is 0.481. The summed E-state index contributed by atoms with van der Waals surface area (Å²) >= 11 is 0. The van der Waals surface area contributed by atoms with Gasteiger partial charge in [-0.2, -0.15) is 0 Å². The van der Waals surface area contributed by atoms with E-state index in [1.165, 1.54) is 0 Å². The smallest absolute Gasteiger partial charge is 0 e. The summed E-state index contributed by atoms with van der Waals surface area (Å²) in [4.78, 5) is 0. The maximum Gasteiger partial charge on any atom is 0 e. The summed E-state index contributed by atoms with van der Waals surface area (Å²) in [5, 5.41) is 0. The summed E-state index contributed by atoms with van der Waals surface area (Å²) < 4.78 is 0. The van der Waals surface area contributed by atoms with E-state index in [2.05, 4.69) is 805 Å². The molecule has 554 valence electrons. The van der Waals surface area contributed by atoms with E-state index in [0.29, 0.717) is 0 Å². The lowest BCUT2D eigenvalue weighted by molar-refractivity contribution is 2.31. The van der Waals surface area contributed by atoms with Crippen molar-refractivity contribution in [1.82, 2.24) is 0 Å². The molecule has 0 saturated heterocycles. The number of terminal acetylenes is 2. The van der Waals surface area contributed by atoms with Crippen LogP contribution in [0.5, 0.6) is 0 Å². The van der Waals surface area contributed by atoms with Crippen LogP contribution in [0, 0.1) is 818 Å². The molecule has 0 rings (SSSR count). The van der Waals surface area contributed by atoms with Gasteiger partial charge in [0.2, 0.25) is 0 Å². The molecule has 0 aliphatic rings. The molecule has 0 nitrogen and oxygen atoms in total. The Balaban J connectivity index is 4.66. The third-order valence-electron chi connectivity index (χ3n) is 8.46. The molecule has 0 aliphatic carbocycles. The van der Waals surface area contributed by atoms with Crippen molar-refractivity contribution in [3.63, 3.8) is 0 Å². The molecule has 0 aromatic carbocycles. The Hall–Kier alpha value is -30.4. The summed E-state index contributed by atoms with van der Waals surface area (Å²) in [5.41, 5.74) is 0.